The first-order valence-corrected chi connectivity index (χ1v) is 14.8. The molecule has 0 amide bonds. The van der Waals surface area contributed by atoms with Crippen LogP contribution < -0.4 is 20.7 Å². The Kier molecular flexibility index (Phi) is 6.22. The van der Waals surface area contributed by atoms with Crippen molar-refractivity contribution in [3.05, 3.63) is 65.3 Å². The second-order valence-electron chi connectivity index (χ2n) is 8.93. The average molecular weight is 575 g/mol. The number of benzene rings is 2. The third-order valence-electron chi connectivity index (χ3n) is 6.13. The lowest BCUT2D eigenvalue weighted by Crippen LogP contribution is -2.12. The van der Waals surface area contributed by atoms with Crippen LogP contribution >= 0.6 is 23.9 Å². The number of hydrogen-bond donors (Lipinski definition) is 2. The summed E-state index contributed by atoms with van der Waals surface area (Å²) in [5, 5.41) is 12.4. The number of anilines is 4. The maximum Gasteiger partial charge on any atom is 0.229 e. The fourth-order valence-corrected chi connectivity index (χ4v) is 5.97. The molecule has 6 rings (SSSR count). The van der Waals surface area contributed by atoms with Gasteiger partial charge in [-0.3, -0.25) is 14.6 Å². The van der Waals surface area contributed by atoms with E-state index in [0.29, 0.717) is 18.4 Å². The summed E-state index contributed by atoms with van der Waals surface area (Å²) < 4.78 is 8.51. The Labute approximate surface area is 223 Å². The molecule has 0 atom stereocenters. The summed E-state index contributed by atoms with van der Waals surface area (Å²) in [5.74, 6) is 1.95. The van der Waals surface area contributed by atoms with E-state index in [0.717, 1.165) is 61.0 Å². The molecule has 1 aliphatic rings. The summed E-state index contributed by atoms with van der Waals surface area (Å²) in [6, 6.07) is 8.24. The number of aromatic nitrogens is 6. The molecule has 5 aromatic rings. The number of nitrogens with zero attached hydrogens (tertiary/aromatic N) is 6. The van der Waals surface area contributed by atoms with E-state index in [2.05, 4.69) is 72.1 Å². The van der Waals surface area contributed by atoms with Crippen LogP contribution in [0.15, 0.2) is 59.7 Å². The van der Waals surface area contributed by atoms with E-state index in [-0.39, 0.29) is 0 Å². The molecule has 0 saturated heterocycles. The minimum atomic E-state index is -0.460. The molecule has 9 nitrogen and oxygen atoms in total. The standard InChI is InChI=1S/C26H24BrN8OP/c1-35-14-17(12-31-35)16-10-15-6-9-36-23(15)21(11-16)33-26-30-13-18(27)25(34-26)32-20-5-4-19-22(24(20)37(2)3)29-8-7-28-19/h4-5,7-8,10-14H,6,9H2,1-3H3,(H2,30,32,33,34). The monoisotopic (exact) mass is 574 g/mol. The summed E-state index contributed by atoms with van der Waals surface area (Å²) >= 11 is 3.61. The van der Waals surface area contributed by atoms with Crippen LogP contribution in [0.2, 0.25) is 0 Å². The molecule has 3 aromatic heterocycles. The van der Waals surface area contributed by atoms with Gasteiger partial charge in [0.1, 0.15) is 11.6 Å². The first-order chi connectivity index (χ1) is 18.0. The van der Waals surface area contributed by atoms with Crippen molar-refractivity contribution in [1.82, 2.24) is 29.7 Å². The highest BCUT2D eigenvalue weighted by Crippen LogP contribution is 2.40. The summed E-state index contributed by atoms with van der Waals surface area (Å²) in [5.41, 5.74) is 6.84. The Hall–Kier alpha value is -3.62. The van der Waals surface area contributed by atoms with E-state index < -0.39 is 7.92 Å². The van der Waals surface area contributed by atoms with Crippen molar-refractivity contribution in [3.63, 3.8) is 0 Å². The lowest BCUT2D eigenvalue weighted by molar-refractivity contribution is 0.358. The van der Waals surface area contributed by atoms with Gasteiger partial charge in [0.05, 0.1) is 34.0 Å². The topological polar surface area (TPSA) is 103 Å². The van der Waals surface area contributed by atoms with Gasteiger partial charge >= 0.3 is 0 Å². The molecule has 0 spiro atoms. The third-order valence-corrected chi connectivity index (χ3v) is 8.05. The molecule has 11 heteroatoms. The molecule has 0 aliphatic carbocycles. The number of halogens is 1. The van der Waals surface area contributed by atoms with Crippen molar-refractivity contribution in [2.45, 2.75) is 6.42 Å². The molecular weight excluding hydrogens is 551 g/mol. The van der Waals surface area contributed by atoms with Crippen LogP contribution in [-0.2, 0) is 13.5 Å². The molecule has 0 fully saturated rings. The first-order valence-electron chi connectivity index (χ1n) is 11.7. The number of hydrogen-bond acceptors (Lipinski definition) is 8. The number of nitrogens with one attached hydrogen (secondary N) is 2. The van der Waals surface area contributed by atoms with E-state index >= 15 is 0 Å². The normalized spacial score (nSPS) is 12.6. The van der Waals surface area contributed by atoms with Crippen LogP contribution in [0.4, 0.5) is 23.1 Å². The van der Waals surface area contributed by atoms with Crippen molar-refractivity contribution in [2.24, 2.45) is 7.05 Å². The lowest BCUT2D eigenvalue weighted by atomic mass is 10.0. The van der Waals surface area contributed by atoms with Gasteiger partial charge in [-0.1, -0.05) is 7.92 Å². The smallest absolute Gasteiger partial charge is 0.229 e. The number of aryl methyl sites for hydroxylation is 1. The fourth-order valence-electron chi connectivity index (χ4n) is 4.48. The second-order valence-corrected chi connectivity index (χ2v) is 12.0. The number of fused-ring (bicyclic) bond motifs is 2. The molecule has 0 unspecified atom stereocenters. The van der Waals surface area contributed by atoms with Crippen LogP contribution in [-0.4, -0.2) is 49.7 Å². The molecule has 0 radical (unpaired) electrons. The minimum Gasteiger partial charge on any atom is -0.491 e. The van der Waals surface area contributed by atoms with Crippen LogP contribution in [0, 0.1) is 0 Å². The largest absolute Gasteiger partial charge is 0.491 e. The SMILES string of the molecule is Cn1cc(-c2cc3c(c(Nc4ncc(Br)c(Nc5ccc6nccnc6c5P(C)C)n4)c2)OCC3)cn1. The minimum absolute atomic E-state index is 0.460. The Balaban J connectivity index is 1.36. The molecule has 2 aromatic carbocycles. The van der Waals surface area contributed by atoms with E-state index in [1.807, 2.05) is 31.6 Å². The molecule has 186 valence electrons. The predicted octanol–water partition coefficient (Wildman–Crippen LogP) is 5.37. The zero-order valence-electron chi connectivity index (χ0n) is 20.5. The van der Waals surface area contributed by atoms with Gasteiger partial charge in [-0.25, -0.2) is 4.98 Å². The van der Waals surface area contributed by atoms with Gasteiger partial charge in [-0.05, 0) is 59.1 Å². The highest BCUT2D eigenvalue weighted by molar-refractivity contribution is 9.10. The lowest BCUT2D eigenvalue weighted by Gasteiger charge is -2.17. The first kappa shape index (κ1) is 23.8. The van der Waals surface area contributed by atoms with Gasteiger partial charge in [-0.2, -0.15) is 10.1 Å². The van der Waals surface area contributed by atoms with Gasteiger partial charge in [0.25, 0.3) is 0 Å². The van der Waals surface area contributed by atoms with E-state index in [1.54, 1.807) is 23.3 Å². The molecule has 2 N–H and O–H groups in total. The van der Waals surface area contributed by atoms with Gasteiger partial charge < -0.3 is 15.4 Å². The average Bonchev–Trinajstić information content (AvgIpc) is 3.54. The van der Waals surface area contributed by atoms with Gasteiger partial charge in [0.15, 0.2) is 0 Å². The van der Waals surface area contributed by atoms with Crippen LogP contribution in [0.5, 0.6) is 5.75 Å². The molecule has 1 aliphatic heterocycles. The summed E-state index contributed by atoms with van der Waals surface area (Å²) in [7, 11) is 1.45. The number of ether oxygens (including phenoxy) is 1. The maximum atomic E-state index is 5.96. The van der Waals surface area contributed by atoms with Crippen molar-refractivity contribution in [1.29, 1.82) is 0 Å². The number of rotatable bonds is 6. The predicted molar refractivity (Wildman–Crippen MR) is 152 cm³/mol. The Morgan fingerprint density at radius 3 is 2.68 bits per heavy atom. The van der Waals surface area contributed by atoms with E-state index in [1.165, 1.54) is 0 Å². The van der Waals surface area contributed by atoms with Crippen molar-refractivity contribution < 1.29 is 4.74 Å². The van der Waals surface area contributed by atoms with Crippen LogP contribution in [0.1, 0.15) is 5.56 Å². The quantitative estimate of drug-likeness (QED) is 0.261. The summed E-state index contributed by atoms with van der Waals surface area (Å²) in [6.07, 6.45) is 9.91. The zero-order valence-corrected chi connectivity index (χ0v) is 23.0. The Morgan fingerprint density at radius 1 is 1.00 bits per heavy atom. The second kappa shape index (κ2) is 9.68. The molecule has 0 bridgehead atoms. The highest BCUT2D eigenvalue weighted by atomic mass is 79.9. The maximum absolute atomic E-state index is 5.96. The van der Waals surface area contributed by atoms with E-state index in [4.69, 9.17) is 9.72 Å². The van der Waals surface area contributed by atoms with E-state index in [9.17, 15) is 0 Å². The third kappa shape index (κ3) is 4.63. The van der Waals surface area contributed by atoms with Crippen LogP contribution in [0.25, 0.3) is 22.2 Å². The Bertz CT molecular complexity index is 1640. The highest BCUT2D eigenvalue weighted by Gasteiger charge is 2.21. The Morgan fingerprint density at radius 2 is 1.86 bits per heavy atom. The summed E-state index contributed by atoms with van der Waals surface area (Å²) in [6.45, 7) is 5.07. The summed E-state index contributed by atoms with van der Waals surface area (Å²) in [4.78, 5) is 18.4. The van der Waals surface area contributed by atoms with Crippen LogP contribution in [0.3, 0.4) is 0 Å². The van der Waals surface area contributed by atoms with Crippen molar-refractivity contribution >= 4 is 63.3 Å². The van der Waals surface area contributed by atoms with Gasteiger partial charge in [0.2, 0.25) is 5.95 Å². The molecular formula is C26H24BrN8OP. The molecule has 4 heterocycles. The van der Waals surface area contributed by atoms with Crippen molar-refractivity contribution in [2.75, 3.05) is 30.6 Å². The van der Waals surface area contributed by atoms with Gasteiger partial charge in [-0.15, -0.1) is 0 Å². The van der Waals surface area contributed by atoms with Crippen molar-refractivity contribution in [3.8, 4) is 16.9 Å². The molecule has 0 saturated carbocycles. The zero-order chi connectivity index (χ0) is 25.5. The fraction of sp³-hybridized carbons (Fsp3) is 0.192. The molecule has 37 heavy (non-hydrogen) atoms. The van der Waals surface area contributed by atoms with Gasteiger partial charge in [0, 0.05) is 60.4 Å².